The van der Waals surface area contributed by atoms with Crippen molar-refractivity contribution in [3.8, 4) is 5.75 Å². The van der Waals surface area contributed by atoms with Gasteiger partial charge in [-0.15, -0.1) is 0 Å². The predicted molar refractivity (Wildman–Crippen MR) is 84.3 cm³/mol. The molecule has 2 nitrogen and oxygen atoms in total. The van der Waals surface area contributed by atoms with Gasteiger partial charge in [-0.3, -0.25) is 0 Å². The summed E-state index contributed by atoms with van der Waals surface area (Å²) in [5.41, 5.74) is 1.45. The van der Waals surface area contributed by atoms with E-state index in [1.54, 1.807) is 4.90 Å². The van der Waals surface area contributed by atoms with E-state index in [9.17, 15) is 0 Å². The van der Waals surface area contributed by atoms with Gasteiger partial charge in [-0.2, -0.15) is 0 Å². The number of hydrogen-bond acceptors (Lipinski definition) is 1. The molecule has 1 aromatic rings. The van der Waals surface area contributed by atoms with Crippen LogP contribution in [0.15, 0.2) is 24.3 Å². The van der Waals surface area contributed by atoms with Gasteiger partial charge in [-0.05, 0) is 56.4 Å². The minimum atomic E-state index is 0.838. The molecule has 0 saturated carbocycles. The smallest absolute Gasteiger partial charge is 0.119 e. The van der Waals surface area contributed by atoms with E-state index in [1.165, 1.54) is 50.8 Å². The molecule has 1 fully saturated rings. The van der Waals surface area contributed by atoms with Crippen LogP contribution in [-0.2, 0) is 6.54 Å². The maximum absolute atomic E-state index is 5.73. The Bertz CT molecular complexity index is 374. The lowest BCUT2D eigenvalue weighted by Gasteiger charge is -2.32. The molecule has 1 aliphatic rings. The Morgan fingerprint density at radius 3 is 2.65 bits per heavy atom. The number of piperidine rings is 1. The van der Waals surface area contributed by atoms with Crippen LogP contribution >= 0.6 is 0 Å². The number of quaternary nitrogens is 1. The van der Waals surface area contributed by atoms with Crippen molar-refractivity contribution >= 4 is 0 Å². The van der Waals surface area contributed by atoms with Crippen molar-refractivity contribution in [1.29, 1.82) is 0 Å². The summed E-state index contributed by atoms with van der Waals surface area (Å²) in [6.45, 7) is 7.88. The third-order valence-electron chi connectivity index (χ3n) is 4.49. The summed E-state index contributed by atoms with van der Waals surface area (Å²) in [6.07, 6.45) is 7.86. The molecule has 112 valence electrons. The van der Waals surface area contributed by atoms with E-state index >= 15 is 0 Å². The van der Waals surface area contributed by atoms with E-state index in [2.05, 4.69) is 38.1 Å². The van der Waals surface area contributed by atoms with Gasteiger partial charge in [0.25, 0.3) is 0 Å². The van der Waals surface area contributed by atoms with Crippen molar-refractivity contribution < 1.29 is 9.64 Å². The fraction of sp³-hybridized carbons (Fsp3) is 0.667. The van der Waals surface area contributed by atoms with Crippen molar-refractivity contribution in [3.05, 3.63) is 29.8 Å². The van der Waals surface area contributed by atoms with E-state index in [0.29, 0.717) is 0 Å². The molecule has 0 radical (unpaired) electrons. The number of nitrogens with one attached hydrogen (secondary N) is 1. The molecule has 0 bridgehead atoms. The number of likely N-dealkylation sites (tertiary alicyclic amines) is 1. The highest BCUT2D eigenvalue weighted by Crippen LogP contribution is 2.13. The van der Waals surface area contributed by atoms with Gasteiger partial charge in [0.05, 0.1) is 19.2 Å². The van der Waals surface area contributed by atoms with Gasteiger partial charge in [0.1, 0.15) is 12.3 Å². The Balaban J connectivity index is 1.86. The Hall–Kier alpha value is -1.02. The second-order valence-corrected chi connectivity index (χ2v) is 6.03. The van der Waals surface area contributed by atoms with Gasteiger partial charge in [-0.1, -0.05) is 20.3 Å². The van der Waals surface area contributed by atoms with Crippen LogP contribution in [0, 0.1) is 0 Å². The molecule has 1 aromatic carbocycles. The topological polar surface area (TPSA) is 13.7 Å². The molecule has 0 spiro atoms. The molecule has 2 heteroatoms. The summed E-state index contributed by atoms with van der Waals surface area (Å²) in [5, 5.41) is 0. The lowest BCUT2D eigenvalue weighted by Crippen LogP contribution is -3.15. The van der Waals surface area contributed by atoms with E-state index < -0.39 is 0 Å². The molecule has 20 heavy (non-hydrogen) atoms. The zero-order valence-corrected chi connectivity index (χ0v) is 13.2. The van der Waals surface area contributed by atoms with Crippen LogP contribution in [0.2, 0.25) is 0 Å². The minimum absolute atomic E-state index is 0.838. The number of unbranched alkanes of at least 4 members (excludes halogenated alkanes) is 1. The van der Waals surface area contributed by atoms with E-state index in [1.807, 2.05) is 0 Å². The molecule has 1 unspecified atom stereocenters. The first kappa shape index (κ1) is 15.4. The highest BCUT2D eigenvalue weighted by molar-refractivity contribution is 5.26. The van der Waals surface area contributed by atoms with Crippen LogP contribution in [0.1, 0.15) is 57.9 Å². The average molecular weight is 276 g/mol. The van der Waals surface area contributed by atoms with Crippen molar-refractivity contribution in [2.24, 2.45) is 0 Å². The van der Waals surface area contributed by atoms with E-state index in [4.69, 9.17) is 4.74 Å². The van der Waals surface area contributed by atoms with Gasteiger partial charge in [0.15, 0.2) is 0 Å². The van der Waals surface area contributed by atoms with Crippen LogP contribution in [0.4, 0.5) is 0 Å². The van der Waals surface area contributed by atoms with Crippen molar-refractivity contribution in [2.75, 3.05) is 13.2 Å². The molecule has 1 N–H and O–H groups in total. The van der Waals surface area contributed by atoms with Crippen LogP contribution in [0.3, 0.4) is 0 Å². The summed E-state index contributed by atoms with van der Waals surface area (Å²) < 4.78 is 5.73. The van der Waals surface area contributed by atoms with Gasteiger partial charge in [0, 0.05) is 5.56 Å². The Morgan fingerprint density at radius 1 is 1.15 bits per heavy atom. The zero-order chi connectivity index (χ0) is 14.2. The molecular formula is C18H30NO+. The minimum Gasteiger partial charge on any atom is -0.494 e. The standard InChI is InChI=1S/C18H29NO/c1-3-5-14-20-18-11-9-16(10-12-18)15-19-13-7-6-8-17(19)4-2/h9-12,17H,3-8,13-15H2,1-2H3/p+1/t17-/m1/s1. The largest absolute Gasteiger partial charge is 0.494 e. The van der Waals surface area contributed by atoms with Crippen molar-refractivity contribution in [1.82, 2.24) is 0 Å². The third-order valence-corrected chi connectivity index (χ3v) is 4.49. The van der Waals surface area contributed by atoms with Crippen LogP contribution in [-0.4, -0.2) is 19.2 Å². The van der Waals surface area contributed by atoms with Crippen molar-refractivity contribution in [3.63, 3.8) is 0 Å². The molecule has 1 saturated heterocycles. The Kier molecular flexibility index (Phi) is 6.38. The summed E-state index contributed by atoms with van der Waals surface area (Å²) in [4.78, 5) is 1.78. The first-order valence-electron chi connectivity index (χ1n) is 8.39. The Labute approximate surface area is 124 Å². The fourth-order valence-electron chi connectivity index (χ4n) is 3.18. The summed E-state index contributed by atoms with van der Waals surface area (Å²) in [7, 11) is 0. The summed E-state index contributed by atoms with van der Waals surface area (Å²) in [5.74, 6) is 1.02. The molecule has 0 aliphatic carbocycles. The maximum atomic E-state index is 5.73. The lowest BCUT2D eigenvalue weighted by molar-refractivity contribution is -0.944. The summed E-state index contributed by atoms with van der Waals surface area (Å²) >= 11 is 0. The maximum Gasteiger partial charge on any atom is 0.119 e. The lowest BCUT2D eigenvalue weighted by atomic mass is 9.99. The first-order chi connectivity index (χ1) is 9.83. The number of rotatable bonds is 7. The fourth-order valence-corrected chi connectivity index (χ4v) is 3.18. The predicted octanol–water partition coefficient (Wildman–Crippen LogP) is 3.21. The highest BCUT2D eigenvalue weighted by Gasteiger charge is 2.24. The number of benzene rings is 1. The number of ether oxygens (including phenoxy) is 1. The quantitative estimate of drug-likeness (QED) is 0.755. The second-order valence-electron chi connectivity index (χ2n) is 6.03. The molecule has 0 amide bonds. The van der Waals surface area contributed by atoms with Gasteiger partial charge < -0.3 is 9.64 Å². The Morgan fingerprint density at radius 2 is 1.95 bits per heavy atom. The van der Waals surface area contributed by atoms with Crippen LogP contribution in [0.5, 0.6) is 5.75 Å². The van der Waals surface area contributed by atoms with Crippen LogP contribution in [0.25, 0.3) is 0 Å². The van der Waals surface area contributed by atoms with Gasteiger partial charge in [0.2, 0.25) is 0 Å². The van der Waals surface area contributed by atoms with Gasteiger partial charge >= 0.3 is 0 Å². The molecule has 0 aromatic heterocycles. The van der Waals surface area contributed by atoms with Gasteiger partial charge in [-0.25, -0.2) is 0 Å². The highest BCUT2D eigenvalue weighted by atomic mass is 16.5. The third kappa shape index (κ3) is 4.52. The SMILES string of the molecule is CCCCOc1ccc(C[NH+]2CCCC[C@H]2CC)cc1. The molecule has 2 rings (SSSR count). The normalized spacial score (nSPS) is 22.7. The van der Waals surface area contributed by atoms with E-state index in [0.717, 1.165) is 24.8 Å². The first-order valence-corrected chi connectivity index (χ1v) is 8.39. The van der Waals surface area contributed by atoms with Crippen LogP contribution < -0.4 is 9.64 Å². The molecule has 1 aliphatic heterocycles. The molecular weight excluding hydrogens is 246 g/mol. The zero-order valence-electron chi connectivity index (χ0n) is 13.2. The monoisotopic (exact) mass is 276 g/mol. The van der Waals surface area contributed by atoms with E-state index in [-0.39, 0.29) is 0 Å². The molecule has 1 heterocycles. The molecule has 2 atom stereocenters. The number of hydrogen-bond donors (Lipinski definition) is 1. The average Bonchev–Trinajstić information content (AvgIpc) is 2.50. The van der Waals surface area contributed by atoms with Crippen molar-refractivity contribution in [2.45, 2.75) is 65.0 Å². The second kappa shape index (κ2) is 8.31. The summed E-state index contributed by atoms with van der Waals surface area (Å²) in [6, 6.07) is 9.62.